The van der Waals surface area contributed by atoms with Crippen molar-refractivity contribution in [3.63, 3.8) is 0 Å². The van der Waals surface area contributed by atoms with Crippen molar-refractivity contribution in [3.05, 3.63) is 29.6 Å². The van der Waals surface area contributed by atoms with Crippen LogP contribution >= 0.6 is 0 Å². The van der Waals surface area contributed by atoms with Gasteiger partial charge in [0.15, 0.2) is 0 Å². The minimum Gasteiger partial charge on any atom is -0.493 e. The smallest absolute Gasteiger partial charge is 0.123 e. The normalized spacial score (nSPS) is 19.6. The van der Waals surface area contributed by atoms with E-state index in [1.807, 2.05) is 0 Å². The molecule has 0 fully saturated rings. The predicted octanol–water partition coefficient (Wildman–Crippen LogP) is 2.28. The molecule has 0 aliphatic carbocycles. The SMILES string of the molecule is O=CCC1CCOc2ccc(F)cc21. The molecule has 2 nitrogen and oxygen atoms in total. The van der Waals surface area contributed by atoms with Gasteiger partial charge in [-0.1, -0.05) is 0 Å². The zero-order valence-electron chi connectivity index (χ0n) is 7.70. The van der Waals surface area contributed by atoms with E-state index in [1.165, 1.54) is 12.1 Å². The minimum atomic E-state index is -0.273. The highest BCUT2D eigenvalue weighted by atomic mass is 19.1. The first-order valence-electron chi connectivity index (χ1n) is 4.67. The number of halogens is 1. The van der Waals surface area contributed by atoms with Gasteiger partial charge in [0.1, 0.15) is 17.9 Å². The molecule has 0 bridgehead atoms. The topological polar surface area (TPSA) is 26.3 Å². The molecule has 3 heteroatoms. The van der Waals surface area contributed by atoms with Crippen molar-refractivity contribution in [3.8, 4) is 5.75 Å². The van der Waals surface area contributed by atoms with Gasteiger partial charge in [0.2, 0.25) is 0 Å². The molecule has 74 valence electrons. The van der Waals surface area contributed by atoms with Gasteiger partial charge in [-0.3, -0.25) is 0 Å². The lowest BCUT2D eigenvalue weighted by molar-refractivity contribution is -0.108. The summed E-state index contributed by atoms with van der Waals surface area (Å²) in [6.07, 6.45) is 2.11. The van der Waals surface area contributed by atoms with Gasteiger partial charge in [-0.2, -0.15) is 0 Å². The number of carbonyl (C=O) groups is 1. The van der Waals surface area contributed by atoms with Crippen LogP contribution in [-0.4, -0.2) is 12.9 Å². The van der Waals surface area contributed by atoms with Crippen molar-refractivity contribution in [2.24, 2.45) is 0 Å². The summed E-state index contributed by atoms with van der Waals surface area (Å²) in [6.45, 7) is 0.608. The van der Waals surface area contributed by atoms with Crippen LogP contribution < -0.4 is 4.74 Å². The average molecular weight is 194 g/mol. The van der Waals surface area contributed by atoms with E-state index in [9.17, 15) is 9.18 Å². The van der Waals surface area contributed by atoms with Gasteiger partial charge < -0.3 is 9.53 Å². The van der Waals surface area contributed by atoms with E-state index in [0.29, 0.717) is 18.8 Å². The fourth-order valence-electron chi connectivity index (χ4n) is 1.80. The molecule has 14 heavy (non-hydrogen) atoms. The van der Waals surface area contributed by atoms with E-state index < -0.39 is 0 Å². The highest BCUT2D eigenvalue weighted by molar-refractivity contribution is 5.53. The van der Waals surface area contributed by atoms with Gasteiger partial charge >= 0.3 is 0 Å². The molecule has 2 rings (SSSR count). The Bertz CT molecular complexity index is 349. The second-order valence-corrected chi connectivity index (χ2v) is 3.42. The molecule has 0 amide bonds. The fourth-order valence-corrected chi connectivity index (χ4v) is 1.80. The summed E-state index contributed by atoms with van der Waals surface area (Å²) in [6, 6.07) is 4.46. The molecule has 1 heterocycles. The van der Waals surface area contributed by atoms with E-state index in [-0.39, 0.29) is 11.7 Å². The molecular weight excluding hydrogens is 183 g/mol. The van der Waals surface area contributed by atoms with Crippen molar-refractivity contribution in [2.45, 2.75) is 18.8 Å². The second kappa shape index (κ2) is 3.78. The second-order valence-electron chi connectivity index (χ2n) is 3.42. The molecule has 1 aromatic rings. The first kappa shape index (κ1) is 9.19. The van der Waals surface area contributed by atoms with Gasteiger partial charge in [-0.15, -0.1) is 0 Å². The molecule has 1 aliphatic heterocycles. The third kappa shape index (κ3) is 1.62. The summed E-state index contributed by atoms with van der Waals surface area (Å²) in [7, 11) is 0. The maximum Gasteiger partial charge on any atom is 0.123 e. The number of ether oxygens (including phenoxy) is 1. The third-order valence-corrected chi connectivity index (χ3v) is 2.52. The van der Waals surface area contributed by atoms with Crippen LogP contribution in [0.25, 0.3) is 0 Å². The lowest BCUT2D eigenvalue weighted by Gasteiger charge is -2.24. The number of hydrogen-bond acceptors (Lipinski definition) is 2. The molecule has 1 aliphatic rings. The molecule has 0 aromatic heterocycles. The van der Waals surface area contributed by atoms with Crippen LogP contribution in [-0.2, 0) is 4.79 Å². The summed E-state index contributed by atoms with van der Waals surface area (Å²) in [5, 5.41) is 0. The van der Waals surface area contributed by atoms with Crippen molar-refractivity contribution in [2.75, 3.05) is 6.61 Å². The van der Waals surface area contributed by atoms with Gasteiger partial charge in [-0.25, -0.2) is 4.39 Å². The van der Waals surface area contributed by atoms with E-state index >= 15 is 0 Å². The Kier molecular flexibility index (Phi) is 2.48. The number of benzene rings is 1. The van der Waals surface area contributed by atoms with Crippen LogP contribution in [0.5, 0.6) is 5.75 Å². The number of fused-ring (bicyclic) bond motifs is 1. The lowest BCUT2D eigenvalue weighted by Crippen LogP contribution is -2.14. The molecule has 0 spiro atoms. The largest absolute Gasteiger partial charge is 0.493 e. The zero-order valence-corrected chi connectivity index (χ0v) is 7.70. The van der Waals surface area contributed by atoms with Gasteiger partial charge in [0.05, 0.1) is 6.61 Å². The average Bonchev–Trinajstić information content (AvgIpc) is 2.19. The van der Waals surface area contributed by atoms with Crippen LogP contribution in [0.15, 0.2) is 18.2 Å². The molecule has 0 saturated heterocycles. The maximum absolute atomic E-state index is 13.0. The van der Waals surface area contributed by atoms with Crippen molar-refractivity contribution in [1.29, 1.82) is 0 Å². The molecule has 1 aromatic carbocycles. The number of rotatable bonds is 2. The quantitative estimate of drug-likeness (QED) is 0.675. The number of carbonyl (C=O) groups excluding carboxylic acids is 1. The molecular formula is C11H11FO2. The van der Waals surface area contributed by atoms with Crippen molar-refractivity contribution < 1.29 is 13.9 Å². The zero-order chi connectivity index (χ0) is 9.97. The van der Waals surface area contributed by atoms with Gasteiger partial charge in [0, 0.05) is 12.0 Å². The van der Waals surface area contributed by atoms with E-state index in [0.717, 1.165) is 18.3 Å². The summed E-state index contributed by atoms with van der Waals surface area (Å²) >= 11 is 0. The van der Waals surface area contributed by atoms with Crippen LogP contribution in [0.4, 0.5) is 4.39 Å². The van der Waals surface area contributed by atoms with Gasteiger partial charge in [-0.05, 0) is 30.5 Å². The first-order valence-corrected chi connectivity index (χ1v) is 4.67. The summed E-state index contributed by atoms with van der Waals surface area (Å²) in [4.78, 5) is 10.4. The highest BCUT2D eigenvalue weighted by Crippen LogP contribution is 2.35. The Hall–Kier alpha value is -1.38. The molecule has 0 radical (unpaired) electrons. The number of aldehydes is 1. The molecule has 1 unspecified atom stereocenters. The Morgan fingerprint density at radius 3 is 3.21 bits per heavy atom. The Morgan fingerprint density at radius 2 is 2.43 bits per heavy atom. The molecule has 0 N–H and O–H groups in total. The Labute approximate surface area is 81.7 Å². The lowest BCUT2D eigenvalue weighted by atomic mass is 9.91. The Morgan fingerprint density at radius 1 is 1.57 bits per heavy atom. The van der Waals surface area contributed by atoms with Gasteiger partial charge in [0.25, 0.3) is 0 Å². The van der Waals surface area contributed by atoms with Crippen LogP contribution in [0.1, 0.15) is 24.3 Å². The van der Waals surface area contributed by atoms with E-state index in [4.69, 9.17) is 4.74 Å². The summed E-state index contributed by atoms with van der Waals surface area (Å²) in [5.41, 5.74) is 0.823. The van der Waals surface area contributed by atoms with Crippen LogP contribution in [0, 0.1) is 5.82 Å². The predicted molar refractivity (Wildman–Crippen MR) is 49.9 cm³/mol. The highest BCUT2D eigenvalue weighted by Gasteiger charge is 2.21. The summed E-state index contributed by atoms with van der Waals surface area (Å²) < 4.78 is 18.3. The minimum absolute atomic E-state index is 0.118. The number of hydrogen-bond donors (Lipinski definition) is 0. The van der Waals surface area contributed by atoms with Crippen LogP contribution in [0.2, 0.25) is 0 Å². The Balaban J connectivity index is 2.36. The monoisotopic (exact) mass is 194 g/mol. The van der Waals surface area contributed by atoms with E-state index in [1.54, 1.807) is 6.07 Å². The maximum atomic E-state index is 13.0. The van der Waals surface area contributed by atoms with Crippen molar-refractivity contribution >= 4 is 6.29 Å². The first-order chi connectivity index (χ1) is 6.81. The van der Waals surface area contributed by atoms with Crippen molar-refractivity contribution in [1.82, 2.24) is 0 Å². The standard InChI is InChI=1S/C11H11FO2/c12-9-1-2-11-10(7-9)8(3-5-13)4-6-14-11/h1-2,5,7-8H,3-4,6H2. The van der Waals surface area contributed by atoms with Crippen LogP contribution in [0.3, 0.4) is 0 Å². The molecule has 1 atom stereocenters. The fraction of sp³-hybridized carbons (Fsp3) is 0.364. The summed E-state index contributed by atoms with van der Waals surface area (Å²) in [5.74, 6) is 0.557. The van der Waals surface area contributed by atoms with E-state index in [2.05, 4.69) is 0 Å². The third-order valence-electron chi connectivity index (χ3n) is 2.52. The molecule has 0 saturated carbocycles.